The zero-order valence-electron chi connectivity index (χ0n) is 12.8. The van der Waals surface area contributed by atoms with E-state index in [2.05, 4.69) is 5.32 Å². The quantitative estimate of drug-likeness (QED) is 0.922. The third-order valence-corrected chi connectivity index (χ3v) is 4.07. The molecule has 1 aromatic rings. The number of fused-ring (bicyclic) bond motifs is 1. The number of halogens is 1. The Morgan fingerprint density at radius 1 is 1.36 bits per heavy atom. The van der Waals surface area contributed by atoms with Crippen molar-refractivity contribution in [2.24, 2.45) is 5.92 Å². The van der Waals surface area contributed by atoms with Gasteiger partial charge >= 0.3 is 0 Å². The Morgan fingerprint density at radius 3 is 2.95 bits per heavy atom. The zero-order chi connectivity index (χ0) is 14.7. The Labute approximate surface area is 137 Å². The summed E-state index contributed by atoms with van der Waals surface area (Å²) in [5, 5.41) is 3.39. The second-order valence-corrected chi connectivity index (χ2v) is 5.73. The largest absolute Gasteiger partial charge is 0.486 e. The van der Waals surface area contributed by atoms with E-state index in [1.165, 1.54) is 12.8 Å². The maximum Gasteiger partial charge on any atom is 0.257 e. The van der Waals surface area contributed by atoms with Crippen molar-refractivity contribution >= 4 is 18.3 Å². The number of carbonyl (C=O) groups is 1. The van der Waals surface area contributed by atoms with Crippen LogP contribution in [0.2, 0.25) is 0 Å². The average Bonchev–Trinajstić information content (AvgIpc) is 2.54. The van der Waals surface area contributed by atoms with Crippen LogP contribution >= 0.6 is 12.4 Å². The molecule has 1 unspecified atom stereocenters. The standard InChI is InChI=1S/C16H22N2O3.ClH/c1-18(11-12-4-3-7-17-10-12)16(19)13-5-2-6-14-15(13)21-9-8-20-14;/h2,5-6,12,17H,3-4,7-11H2,1H3;1H. The summed E-state index contributed by atoms with van der Waals surface area (Å²) < 4.78 is 11.2. The molecule has 0 saturated carbocycles. The fourth-order valence-electron chi connectivity index (χ4n) is 3.00. The maximum atomic E-state index is 12.7. The number of piperidine rings is 1. The molecule has 1 aromatic carbocycles. The van der Waals surface area contributed by atoms with Gasteiger partial charge in [-0.2, -0.15) is 0 Å². The van der Waals surface area contributed by atoms with Gasteiger partial charge in [0.1, 0.15) is 13.2 Å². The molecule has 6 heteroatoms. The monoisotopic (exact) mass is 326 g/mol. The first kappa shape index (κ1) is 16.9. The molecular weight excluding hydrogens is 304 g/mol. The van der Waals surface area contributed by atoms with Crippen molar-refractivity contribution in [1.82, 2.24) is 10.2 Å². The number of rotatable bonds is 3. The lowest BCUT2D eigenvalue weighted by Crippen LogP contribution is -2.39. The van der Waals surface area contributed by atoms with E-state index >= 15 is 0 Å². The fraction of sp³-hybridized carbons (Fsp3) is 0.562. The Bertz CT molecular complexity index is 518. The van der Waals surface area contributed by atoms with Crippen molar-refractivity contribution in [3.63, 3.8) is 0 Å². The first-order valence-electron chi connectivity index (χ1n) is 7.60. The molecular formula is C16H23ClN2O3. The summed E-state index contributed by atoms with van der Waals surface area (Å²) in [5.41, 5.74) is 0.596. The second kappa shape index (κ2) is 7.70. The maximum absolute atomic E-state index is 12.7. The molecule has 0 aromatic heterocycles. The SMILES string of the molecule is CN(CC1CCCNC1)C(=O)c1cccc2c1OCCO2.Cl. The van der Waals surface area contributed by atoms with Gasteiger partial charge in [0.2, 0.25) is 0 Å². The van der Waals surface area contributed by atoms with E-state index < -0.39 is 0 Å². The molecule has 0 radical (unpaired) electrons. The number of benzene rings is 1. The number of para-hydroxylation sites is 1. The molecule has 1 atom stereocenters. The molecule has 1 saturated heterocycles. The summed E-state index contributed by atoms with van der Waals surface area (Å²) in [7, 11) is 1.86. The lowest BCUT2D eigenvalue weighted by atomic mass is 9.99. The van der Waals surface area contributed by atoms with Crippen molar-refractivity contribution in [3.05, 3.63) is 23.8 Å². The molecule has 2 aliphatic rings. The van der Waals surface area contributed by atoms with Gasteiger partial charge in [-0.05, 0) is 44.0 Å². The second-order valence-electron chi connectivity index (χ2n) is 5.73. The molecule has 3 rings (SSSR count). The number of amides is 1. The first-order valence-corrected chi connectivity index (χ1v) is 7.60. The molecule has 1 fully saturated rings. The van der Waals surface area contributed by atoms with Gasteiger partial charge in [-0.3, -0.25) is 4.79 Å². The predicted molar refractivity (Wildman–Crippen MR) is 87.2 cm³/mol. The molecule has 22 heavy (non-hydrogen) atoms. The predicted octanol–water partition coefficient (Wildman–Crippen LogP) is 1.95. The first-order chi connectivity index (χ1) is 10.3. The van der Waals surface area contributed by atoms with E-state index in [-0.39, 0.29) is 18.3 Å². The van der Waals surface area contributed by atoms with Gasteiger partial charge in [0, 0.05) is 13.6 Å². The molecule has 0 spiro atoms. The molecule has 1 N–H and O–H groups in total. The number of nitrogens with one attached hydrogen (secondary N) is 1. The highest BCUT2D eigenvalue weighted by Crippen LogP contribution is 2.34. The minimum absolute atomic E-state index is 0. The van der Waals surface area contributed by atoms with Gasteiger partial charge in [-0.1, -0.05) is 6.07 Å². The van der Waals surface area contributed by atoms with E-state index in [4.69, 9.17) is 9.47 Å². The van der Waals surface area contributed by atoms with Crippen LogP contribution in [0, 0.1) is 5.92 Å². The molecule has 122 valence electrons. The molecule has 2 heterocycles. The highest BCUT2D eigenvalue weighted by molar-refractivity contribution is 5.97. The lowest BCUT2D eigenvalue weighted by molar-refractivity contribution is 0.0754. The summed E-state index contributed by atoms with van der Waals surface area (Å²) in [5.74, 6) is 1.79. The van der Waals surface area contributed by atoms with Crippen LogP contribution in [0.15, 0.2) is 18.2 Å². The fourth-order valence-corrected chi connectivity index (χ4v) is 3.00. The van der Waals surface area contributed by atoms with Crippen molar-refractivity contribution in [2.45, 2.75) is 12.8 Å². The summed E-state index contributed by atoms with van der Waals surface area (Å²) in [4.78, 5) is 14.5. The number of nitrogens with zero attached hydrogens (tertiary/aromatic N) is 1. The van der Waals surface area contributed by atoms with E-state index in [0.29, 0.717) is 36.2 Å². The summed E-state index contributed by atoms with van der Waals surface area (Å²) >= 11 is 0. The highest BCUT2D eigenvalue weighted by Gasteiger charge is 2.24. The van der Waals surface area contributed by atoms with E-state index in [0.717, 1.165) is 19.6 Å². The number of hydrogen-bond donors (Lipinski definition) is 1. The summed E-state index contributed by atoms with van der Waals surface area (Å²) in [6.07, 6.45) is 2.36. The summed E-state index contributed by atoms with van der Waals surface area (Å²) in [6, 6.07) is 5.50. The Hall–Kier alpha value is -1.46. The van der Waals surface area contributed by atoms with Crippen LogP contribution in [0.25, 0.3) is 0 Å². The molecule has 1 amide bonds. The van der Waals surface area contributed by atoms with Crippen molar-refractivity contribution in [2.75, 3.05) is 39.9 Å². The van der Waals surface area contributed by atoms with Crippen LogP contribution in [-0.2, 0) is 0 Å². The minimum Gasteiger partial charge on any atom is -0.486 e. The Balaban J connectivity index is 0.00000176. The lowest BCUT2D eigenvalue weighted by Gasteiger charge is -2.28. The van der Waals surface area contributed by atoms with Gasteiger partial charge in [0.05, 0.1) is 5.56 Å². The van der Waals surface area contributed by atoms with Gasteiger partial charge in [-0.25, -0.2) is 0 Å². The van der Waals surface area contributed by atoms with E-state index in [1.807, 2.05) is 25.2 Å². The van der Waals surface area contributed by atoms with E-state index in [9.17, 15) is 4.79 Å². The van der Waals surface area contributed by atoms with Crippen molar-refractivity contribution < 1.29 is 14.3 Å². The number of hydrogen-bond acceptors (Lipinski definition) is 4. The van der Waals surface area contributed by atoms with Gasteiger partial charge < -0.3 is 19.7 Å². The van der Waals surface area contributed by atoms with Crippen molar-refractivity contribution in [1.29, 1.82) is 0 Å². The van der Waals surface area contributed by atoms with Crippen LogP contribution in [0.1, 0.15) is 23.2 Å². The van der Waals surface area contributed by atoms with Crippen molar-refractivity contribution in [3.8, 4) is 11.5 Å². The van der Waals surface area contributed by atoms with Crippen LogP contribution in [0.3, 0.4) is 0 Å². The molecule has 5 nitrogen and oxygen atoms in total. The summed E-state index contributed by atoms with van der Waals surface area (Å²) in [6.45, 7) is 3.88. The zero-order valence-corrected chi connectivity index (χ0v) is 13.7. The highest BCUT2D eigenvalue weighted by atomic mass is 35.5. The topological polar surface area (TPSA) is 50.8 Å². The molecule has 0 bridgehead atoms. The van der Waals surface area contributed by atoms with Gasteiger partial charge in [-0.15, -0.1) is 12.4 Å². The Kier molecular flexibility index (Phi) is 5.91. The number of ether oxygens (including phenoxy) is 2. The molecule has 2 aliphatic heterocycles. The number of carbonyl (C=O) groups excluding carboxylic acids is 1. The Morgan fingerprint density at radius 2 is 2.18 bits per heavy atom. The normalized spacial score (nSPS) is 20.0. The molecule has 0 aliphatic carbocycles. The smallest absolute Gasteiger partial charge is 0.257 e. The van der Waals surface area contributed by atoms with Gasteiger partial charge in [0.25, 0.3) is 5.91 Å². The van der Waals surface area contributed by atoms with E-state index in [1.54, 1.807) is 4.90 Å². The third-order valence-electron chi connectivity index (χ3n) is 4.07. The third kappa shape index (κ3) is 3.65. The van der Waals surface area contributed by atoms with Crippen LogP contribution in [0.4, 0.5) is 0 Å². The van der Waals surface area contributed by atoms with Crippen LogP contribution < -0.4 is 14.8 Å². The minimum atomic E-state index is 0. The van der Waals surface area contributed by atoms with Crippen LogP contribution in [0.5, 0.6) is 11.5 Å². The van der Waals surface area contributed by atoms with Gasteiger partial charge in [0.15, 0.2) is 11.5 Å². The van der Waals surface area contributed by atoms with Crippen LogP contribution in [-0.4, -0.2) is 50.7 Å². The average molecular weight is 327 g/mol.